The van der Waals surface area contributed by atoms with Crippen LogP contribution >= 0.6 is 0 Å². The molecule has 0 saturated carbocycles. The maximum Gasteiger partial charge on any atom is 0.170 e. The van der Waals surface area contributed by atoms with Crippen molar-refractivity contribution in [2.45, 2.75) is 6.42 Å². The largest absolute Gasteiger partial charge is 0.409 e. The zero-order valence-corrected chi connectivity index (χ0v) is 11.1. The van der Waals surface area contributed by atoms with E-state index in [1.54, 1.807) is 0 Å². The van der Waals surface area contributed by atoms with Crippen LogP contribution in [-0.2, 0) is 6.42 Å². The summed E-state index contributed by atoms with van der Waals surface area (Å²) in [6, 6.07) is 11.3. The fourth-order valence-electron chi connectivity index (χ4n) is 2.82. The molecule has 0 spiro atoms. The Morgan fingerprint density at radius 1 is 0.810 bits per heavy atom. The van der Waals surface area contributed by atoms with Crippen LogP contribution in [-0.4, -0.2) is 22.1 Å². The van der Waals surface area contributed by atoms with E-state index in [1.807, 2.05) is 36.4 Å². The van der Waals surface area contributed by atoms with Crippen LogP contribution in [0.5, 0.6) is 0 Å². The number of nitrogens with zero attached hydrogens (tertiary/aromatic N) is 2. The summed E-state index contributed by atoms with van der Waals surface area (Å²) in [6.07, 6.45) is 0.587. The molecule has 0 unspecified atom stereocenters. The lowest BCUT2D eigenvalue weighted by molar-refractivity contribution is 0.318. The van der Waals surface area contributed by atoms with E-state index >= 15 is 0 Å². The minimum absolute atomic E-state index is 0.0741. The minimum Gasteiger partial charge on any atom is -0.409 e. The van der Waals surface area contributed by atoms with Crippen LogP contribution in [0, 0.1) is 0 Å². The number of nitrogens with two attached hydrogens (primary N) is 2. The van der Waals surface area contributed by atoms with Gasteiger partial charge in [-0.15, -0.1) is 0 Å². The third-order valence-electron chi connectivity index (χ3n) is 3.76. The molecule has 0 saturated heterocycles. The van der Waals surface area contributed by atoms with E-state index in [0.717, 1.165) is 22.3 Å². The van der Waals surface area contributed by atoms with E-state index in [1.165, 1.54) is 0 Å². The fraction of sp³-hybridized carbons (Fsp3) is 0.0667. The van der Waals surface area contributed by atoms with Gasteiger partial charge in [-0.3, -0.25) is 0 Å². The molecule has 0 aromatic heterocycles. The lowest BCUT2D eigenvalue weighted by atomic mass is 10.0. The van der Waals surface area contributed by atoms with Gasteiger partial charge in [-0.2, -0.15) is 0 Å². The number of rotatable bonds is 2. The van der Waals surface area contributed by atoms with Crippen molar-refractivity contribution in [2.75, 3.05) is 0 Å². The molecular formula is C15H14N4O2. The summed E-state index contributed by atoms with van der Waals surface area (Å²) in [5, 5.41) is 24.0. The van der Waals surface area contributed by atoms with Gasteiger partial charge in [0.05, 0.1) is 0 Å². The summed E-state index contributed by atoms with van der Waals surface area (Å²) in [4.78, 5) is 0. The molecule has 0 radical (unpaired) electrons. The van der Waals surface area contributed by atoms with Gasteiger partial charge in [-0.1, -0.05) is 46.7 Å². The van der Waals surface area contributed by atoms with Gasteiger partial charge < -0.3 is 21.9 Å². The molecule has 6 heteroatoms. The molecule has 2 aromatic rings. The van der Waals surface area contributed by atoms with Crippen molar-refractivity contribution in [1.82, 2.24) is 0 Å². The van der Waals surface area contributed by atoms with Crippen molar-refractivity contribution in [1.29, 1.82) is 0 Å². The van der Waals surface area contributed by atoms with Gasteiger partial charge in [-0.05, 0) is 22.3 Å². The third-order valence-corrected chi connectivity index (χ3v) is 3.76. The van der Waals surface area contributed by atoms with Crippen LogP contribution in [0.1, 0.15) is 22.3 Å². The maximum absolute atomic E-state index is 8.91. The van der Waals surface area contributed by atoms with E-state index in [-0.39, 0.29) is 11.7 Å². The van der Waals surface area contributed by atoms with Crippen molar-refractivity contribution < 1.29 is 10.4 Å². The number of fused-ring (bicyclic) bond motifs is 3. The summed E-state index contributed by atoms with van der Waals surface area (Å²) in [6.45, 7) is 0. The molecule has 1 aliphatic carbocycles. The average Bonchev–Trinajstić information content (AvgIpc) is 2.91. The Labute approximate surface area is 121 Å². The van der Waals surface area contributed by atoms with E-state index in [4.69, 9.17) is 21.9 Å². The first-order valence-corrected chi connectivity index (χ1v) is 6.37. The normalized spacial score (nSPS) is 13.9. The van der Waals surface area contributed by atoms with E-state index < -0.39 is 0 Å². The monoisotopic (exact) mass is 282 g/mol. The highest BCUT2D eigenvalue weighted by Crippen LogP contribution is 2.39. The Kier molecular flexibility index (Phi) is 2.98. The lowest BCUT2D eigenvalue weighted by Gasteiger charge is -2.06. The van der Waals surface area contributed by atoms with Crippen LogP contribution in [0.15, 0.2) is 46.7 Å². The molecule has 0 bridgehead atoms. The Balaban J connectivity index is 2.23. The van der Waals surface area contributed by atoms with Crippen molar-refractivity contribution in [2.24, 2.45) is 21.8 Å². The molecule has 0 heterocycles. The van der Waals surface area contributed by atoms with Gasteiger partial charge in [0.1, 0.15) is 0 Å². The first-order valence-electron chi connectivity index (χ1n) is 6.37. The van der Waals surface area contributed by atoms with Gasteiger partial charge in [0.2, 0.25) is 0 Å². The quantitative estimate of drug-likeness (QED) is 0.246. The number of oxime groups is 2. The third kappa shape index (κ3) is 1.88. The first kappa shape index (κ1) is 13.0. The van der Waals surface area contributed by atoms with Crippen molar-refractivity contribution in [3.63, 3.8) is 0 Å². The molecule has 1 aliphatic rings. The van der Waals surface area contributed by atoms with E-state index in [9.17, 15) is 0 Å². The second-order valence-electron chi connectivity index (χ2n) is 4.81. The van der Waals surface area contributed by atoms with Crippen LogP contribution in [0.3, 0.4) is 0 Å². The van der Waals surface area contributed by atoms with Crippen molar-refractivity contribution in [3.8, 4) is 11.1 Å². The highest BCUT2D eigenvalue weighted by molar-refractivity contribution is 6.04. The van der Waals surface area contributed by atoms with Crippen molar-refractivity contribution in [3.05, 3.63) is 58.7 Å². The molecule has 0 aliphatic heterocycles. The van der Waals surface area contributed by atoms with E-state index in [2.05, 4.69) is 10.3 Å². The van der Waals surface area contributed by atoms with Gasteiger partial charge in [-0.25, -0.2) is 0 Å². The number of amidine groups is 2. The molecule has 0 amide bonds. The standard InChI is InChI=1S/C15H14N4O2/c16-14(18-20)10-5-1-3-8-9-4-2-6-11(15(17)19-21)13(9)7-12(8)10/h1-6,20-21H,7H2,(H2,16,18)(H2,17,19). The lowest BCUT2D eigenvalue weighted by Crippen LogP contribution is -2.16. The minimum atomic E-state index is 0.0741. The highest BCUT2D eigenvalue weighted by atomic mass is 16.4. The summed E-state index contributed by atoms with van der Waals surface area (Å²) >= 11 is 0. The SMILES string of the molecule is N/C(=N\O)c1cccc2c1Cc1c(/C(N)=N/O)cccc1-2. The zero-order valence-electron chi connectivity index (χ0n) is 11.1. The smallest absolute Gasteiger partial charge is 0.170 e. The Morgan fingerprint density at radius 3 is 1.62 bits per heavy atom. The summed E-state index contributed by atoms with van der Waals surface area (Å²) < 4.78 is 0. The maximum atomic E-state index is 8.91. The number of benzene rings is 2. The second-order valence-corrected chi connectivity index (χ2v) is 4.81. The summed E-state index contributed by atoms with van der Waals surface area (Å²) in [5.74, 6) is 0.148. The van der Waals surface area contributed by atoms with E-state index in [0.29, 0.717) is 17.5 Å². The predicted molar refractivity (Wildman–Crippen MR) is 79.7 cm³/mol. The van der Waals surface area contributed by atoms with Gasteiger partial charge in [0.25, 0.3) is 0 Å². The molecule has 6 nitrogen and oxygen atoms in total. The highest BCUT2D eigenvalue weighted by Gasteiger charge is 2.25. The van der Waals surface area contributed by atoms with Gasteiger partial charge in [0, 0.05) is 17.5 Å². The number of hydrogen-bond donors (Lipinski definition) is 4. The van der Waals surface area contributed by atoms with Crippen LogP contribution in [0.4, 0.5) is 0 Å². The van der Waals surface area contributed by atoms with Gasteiger partial charge >= 0.3 is 0 Å². The second kappa shape index (κ2) is 4.82. The molecule has 106 valence electrons. The Hall–Kier alpha value is -3.02. The Morgan fingerprint density at radius 2 is 1.24 bits per heavy atom. The Bertz CT molecular complexity index is 716. The van der Waals surface area contributed by atoms with Crippen molar-refractivity contribution >= 4 is 11.7 Å². The molecule has 0 fully saturated rings. The first-order chi connectivity index (χ1) is 10.2. The average molecular weight is 282 g/mol. The van der Waals surface area contributed by atoms with Gasteiger partial charge in [0.15, 0.2) is 11.7 Å². The predicted octanol–water partition coefficient (Wildman–Crippen LogP) is 1.45. The van der Waals surface area contributed by atoms with Crippen LogP contribution in [0.2, 0.25) is 0 Å². The summed E-state index contributed by atoms with van der Waals surface area (Å²) in [5.41, 5.74) is 16.8. The zero-order chi connectivity index (χ0) is 15.0. The molecule has 21 heavy (non-hydrogen) atoms. The number of hydrogen-bond acceptors (Lipinski definition) is 4. The molecular weight excluding hydrogens is 268 g/mol. The molecule has 3 rings (SSSR count). The topological polar surface area (TPSA) is 117 Å². The van der Waals surface area contributed by atoms with Crippen LogP contribution in [0.25, 0.3) is 11.1 Å². The summed E-state index contributed by atoms with van der Waals surface area (Å²) in [7, 11) is 0. The molecule has 0 atom stereocenters. The van der Waals surface area contributed by atoms with Crippen LogP contribution < -0.4 is 11.5 Å². The molecule has 6 N–H and O–H groups in total. The molecule has 2 aromatic carbocycles. The fourth-order valence-corrected chi connectivity index (χ4v) is 2.82.